The number of carboxylic acid groups (broad SMARTS) is 1. The van der Waals surface area contributed by atoms with Crippen LogP contribution in [0.5, 0.6) is 0 Å². The zero-order valence-electron chi connectivity index (χ0n) is 8.83. The Kier molecular flexibility index (Phi) is 8.57. The molecular weight excluding hydrogens is 182 g/mol. The van der Waals surface area contributed by atoms with Crippen LogP contribution < -0.4 is 5.32 Å². The molecule has 0 radical (unpaired) electrons. The number of nitrogens with one attached hydrogen (secondary N) is 1. The van der Waals surface area contributed by atoms with Crippen molar-refractivity contribution in [2.24, 2.45) is 0 Å². The lowest BCUT2D eigenvalue weighted by Crippen LogP contribution is -2.27. The molecule has 0 saturated heterocycles. The first-order chi connectivity index (χ1) is 6.66. The van der Waals surface area contributed by atoms with Gasteiger partial charge in [-0.25, -0.2) is 0 Å². The standard InChI is InChI=1S/C10H21NO3/c1-2-5-9(12)8-11-7-4-3-6-10(13)14/h9,11-12H,2-8H2,1H3,(H,13,14). The summed E-state index contributed by atoms with van der Waals surface area (Å²) in [5.74, 6) is -0.740. The first-order valence-electron chi connectivity index (χ1n) is 5.27. The van der Waals surface area contributed by atoms with Gasteiger partial charge in [0, 0.05) is 13.0 Å². The molecule has 0 aromatic heterocycles. The van der Waals surface area contributed by atoms with Crippen LogP contribution in [0.15, 0.2) is 0 Å². The minimum atomic E-state index is -0.740. The van der Waals surface area contributed by atoms with Crippen molar-refractivity contribution in [3.05, 3.63) is 0 Å². The second kappa shape index (κ2) is 8.97. The van der Waals surface area contributed by atoms with E-state index in [9.17, 15) is 9.90 Å². The molecule has 0 fully saturated rings. The van der Waals surface area contributed by atoms with Gasteiger partial charge in [0.25, 0.3) is 0 Å². The van der Waals surface area contributed by atoms with E-state index in [0.29, 0.717) is 13.0 Å². The zero-order chi connectivity index (χ0) is 10.8. The maximum atomic E-state index is 10.2. The van der Waals surface area contributed by atoms with Gasteiger partial charge in [-0.05, 0) is 25.8 Å². The van der Waals surface area contributed by atoms with Gasteiger partial charge in [-0.15, -0.1) is 0 Å². The third-order valence-corrected chi connectivity index (χ3v) is 2.00. The molecule has 0 aromatic carbocycles. The molecule has 4 heteroatoms. The second-order valence-electron chi connectivity index (χ2n) is 3.50. The third kappa shape index (κ3) is 9.48. The van der Waals surface area contributed by atoms with Crippen molar-refractivity contribution >= 4 is 5.97 Å². The van der Waals surface area contributed by atoms with Crippen LogP contribution in [0.4, 0.5) is 0 Å². The highest BCUT2D eigenvalue weighted by atomic mass is 16.4. The molecule has 84 valence electrons. The van der Waals surface area contributed by atoms with Crippen LogP contribution in [-0.4, -0.2) is 35.4 Å². The lowest BCUT2D eigenvalue weighted by molar-refractivity contribution is -0.137. The highest BCUT2D eigenvalue weighted by molar-refractivity contribution is 5.66. The normalized spacial score (nSPS) is 12.7. The van der Waals surface area contributed by atoms with Crippen molar-refractivity contribution in [1.29, 1.82) is 0 Å². The summed E-state index contributed by atoms with van der Waals surface area (Å²) >= 11 is 0. The Hall–Kier alpha value is -0.610. The molecule has 0 aliphatic rings. The van der Waals surface area contributed by atoms with E-state index in [4.69, 9.17) is 5.11 Å². The summed E-state index contributed by atoms with van der Waals surface area (Å²) in [7, 11) is 0. The molecule has 4 nitrogen and oxygen atoms in total. The minimum absolute atomic E-state index is 0.235. The Labute approximate surface area is 85.3 Å². The topological polar surface area (TPSA) is 69.6 Å². The lowest BCUT2D eigenvalue weighted by atomic mass is 10.2. The molecule has 1 unspecified atom stereocenters. The fraction of sp³-hybridized carbons (Fsp3) is 0.900. The van der Waals surface area contributed by atoms with E-state index in [1.807, 2.05) is 6.92 Å². The Morgan fingerprint density at radius 2 is 2.14 bits per heavy atom. The summed E-state index contributed by atoms with van der Waals surface area (Å²) in [5.41, 5.74) is 0. The van der Waals surface area contributed by atoms with Gasteiger partial charge in [0.1, 0.15) is 0 Å². The number of rotatable bonds is 9. The van der Waals surface area contributed by atoms with Gasteiger partial charge in [0.05, 0.1) is 6.10 Å². The largest absolute Gasteiger partial charge is 0.481 e. The van der Waals surface area contributed by atoms with Crippen LogP contribution in [0, 0.1) is 0 Å². The molecule has 1 atom stereocenters. The monoisotopic (exact) mass is 203 g/mol. The molecule has 0 aliphatic heterocycles. The van der Waals surface area contributed by atoms with Crippen LogP contribution in [0.3, 0.4) is 0 Å². The van der Waals surface area contributed by atoms with Crippen molar-refractivity contribution in [3.8, 4) is 0 Å². The van der Waals surface area contributed by atoms with E-state index in [-0.39, 0.29) is 12.5 Å². The number of aliphatic carboxylic acids is 1. The molecule has 0 bridgehead atoms. The summed E-state index contributed by atoms with van der Waals surface area (Å²) in [5, 5.41) is 20.8. The van der Waals surface area contributed by atoms with E-state index >= 15 is 0 Å². The van der Waals surface area contributed by atoms with Crippen LogP contribution in [0.25, 0.3) is 0 Å². The van der Waals surface area contributed by atoms with E-state index in [2.05, 4.69) is 5.32 Å². The molecule has 0 spiro atoms. The second-order valence-corrected chi connectivity index (χ2v) is 3.50. The number of carboxylic acids is 1. The molecule has 0 aromatic rings. The summed E-state index contributed by atoms with van der Waals surface area (Å²) in [6.45, 7) is 3.44. The van der Waals surface area contributed by atoms with E-state index in [0.717, 1.165) is 25.8 Å². The van der Waals surface area contributed by atoms with Crippen LogP contribution >= 0.6 is 0 Å². The lowest BCUT2D eigenvalue weighted by Gasteiger charge is -2.09. The average molecular weight is 203 g/mol. The zero-order valence-corrected chi connectivity index (χ0v) is 8.83. The molecule has 0 heterocycles. The average Bonchev–Trinajstić information content (AvgIpc) is 2.11. The maximum Gasteiger partial charge on any atom is 0.303 e. The summed E-state index contributed by atoms with van der Waals surface area (Å²) in [6, 6.07) is 0. The van der Waals surface area contributed by atoms with Crippen molar-refractivity contribution < 1.29 is 15.0 Å². The van der Waals surface area contributed by atoms with Gasteiger partial charge in [-0.2, -0.15) is 0 Å². The van der Waals surface area contributed by atoms with Gasteiger partial charge < -0.3 is 15.5 Å². The van der Waals surface area contributed by atoms with E-state index in [1.54, 1.807) is 0 Å². The number of hydrogen-bond acceptors (Lipinski definition) is 3. The Morgan fingerprint density at radius 1 is 1.43 bits per heavy atom. The highest BCUT2D eigenvalue weighted by Crippen LogP contribution is 1.96. The van der Waals surface area contributed by atoms with Crippen molar-refractivity contribution in [2.45, 2.75) is 45.1 Å². The molecule has 0 saturated carbocycles. The Bertz CT molecular complexity index is 150. The number of hydrogen-bond donors (Lipinski definition) is 3. The molecule has 0 aliphatic carbocycles. The number of aliphatic hydroxyl groups is 1. The third-order valence-electron chi connectivity index (χ3n) is 2.00. The quantitative estimate of drug-likeness (QED) is 0.489. The number of aliphatic hydroxyl groups excluding tert-OH is 1. The fourth-order valence-electron chi connectivity index (χ4n) is 1.23. The fourth-order valence-corrected chi connectivity index (χ4v) is 1.23. The molecule has 0 rings (SSSR count). The summed E-state index contributed by atoms with van der Waals surface area (Å²) in [6.07, 6.45) is 3.33. The Morgan fingerprint density at radius 3 is 2.71 bits per heavy atom. The van der Waals surface area contributed by atoms with E-state index < -0.39 is 5.97 Å². The van der Waals surface area contributed by atoms with Crippen molar-refractivity contribution in [3.63, 3.8) is 0 Å². The highest BCUT2D eigenvalue weighted by Gasteiger charge is 2.01. The van der Waals surface area contributed by atoms with Crippen molar-refractivity contribution in [1.82, 2.24) is 5.32 Å². The summed E-state index contributed by atoms with van der Waals surface area (Å²) < 4.78 is 0. The maximum absolute atomic E-state index is 10.2. The molecular formula is C10H21NO3. The van der Waals surface area contributed by atoms with Gasteiger partial charge in [-0.1, -0.05) is 13.3 Å². The number of carbonyl (C=O) groups is 1. The first kappa shape index (κ1) is 13.4. The van der Waals surface area contributed by atoms with Crippen LogP contribution in [0.1, 0.15) is 39.0 Å². The van der Waals surface area contributed by atoms with Crippen molar-refractivity contribution in [2.75, 3.05) is 13.1 Å². The summed E-state index contributed by atoms with van der Waals surface area (Å²) in [4.78, 5) is 10.2. The smallest absolute Gasteiger partial charge is 0.303 e. The van der Waals surface area contributed by atoms with Crippen LogP contribution in [-0.2, 0) is 4.79 Å². The number of unbranched alkanes of at least 4 members (excludes halogenated alkanes) is 1. The van der Waals surface area contributed by atoms with Gasteiger partial charge in [-0.3, -0.25) is 4.79 Å². The minimum Gasteiger partial charge on any atom is -0.481 e. The van der Waals surface area contributed by atoms with E-state index in [1.165, 1.54) is 0 Å². The molecule has 0 amide bonds. The first-order valence-corrected chi connectivity index (χ1v) is 5.27. The molecule has 14 heavy (non-hydrogen) atoms. The Balaban J connectivity index is 3.09. The predicted octanol–water partition coefficient (Wildman–Crippen LogP) is 0.992. The predicted molar refractivity (Wildman–Crippen MR) is 55.3 cm³/mol. The molecule has 3 N–H and O–H groups in total. The van der Waals surface area contributed by atoms with Gasteiger partial charge in [0.15, 0.2) is 0 Å². The van der Waals surface area contributed by atoms with Crippen LogP contribution in [0.2, 0.25) is 0 Å². The van der Waals surface area contributed by atoms with Gasteiger partial charge in [0.2, 0.25) is 0 Å². The van der Waals surface area contributed by atoms with Gasteiger partial charge >= 0.3 is 5.97 Å². The SMILES string of the molecule is CCCC(O)CNCCCCC(=O)O.